The van der Waals surface area contributed by atoms with Gasteiger partial charge in [0.1, 0.15) is 12.0 Å². The Bertz CT molecular complexity index is 2420. The highest BCUT2D eigenvalue weighted by Gasteiger charge is 2.22. The van der Waals surface area contributed by atoms with Gasteiger partial charge in [0.05, 0.1) is 21.4 Å². The first kappa shape index (κ1) is 25.0. The molecule has 9 rings (SSSR count). The van der Waals surface area contributed by atoms with Crippen LogP contribution in [0.25, 0.3) is 53.5 Å². The molecule has 208 valence electrons. The second-order valence-electron chi connectivity index (χ2n) is 11.1. The molecule has 1 aliphatic heterocycles. The van der Waals surface area contributed by atoms with Crippen LogP contribution in [0, 0.1) is 0 Å². The molecule has 0 radical (unpaired) electrons. The van der Waals surface area contributed by atoms with E-state index in [4.69, 9.17) is 9.98 Å². The summed E-state index contributed by atoms with van der Waals surface area (Å²) in [5, 5.41) is 8.75. The number of fused-ring (bicyclic) bond motifs is 7. The summed E-state index contributed by atoms with van der Waals surface area (Å²) in [6.45, 7) is 0. The van der Waals surface area contributed by atoms with Crippen molar-refractivity contribution in [2.75, 3.05) is 0 Å². The number of nitrogens with zero attached hydrogens (tertiary/aromatic N) is 3. The Morgan fingerprint density at radius 3 is 2.18 bits per heavy atom. The number of pyridine rings is 1. The molecule has 0 saturated heterocycles. The van der Waals surface area contributed by atoms with Crippen molar-refractivity contribution in [2.24, 2.45) is 4.99 Å². The van der Waals surface area contributed by atoms with Gasteiger partial charge in [-0.1, -0.05) is 109 Å². The smallest absolute Gasteiger partial charge is 0.145 e. The monoisotopic (exact) mass is 582 g/mol. The summed E-state index contributed by atoms with van der Waals surface area (Å²) >= 11 is 1.85. The van der Waals surface area contributed by atoms with Crippen molar-refractivity contribution in [1.82, 2.24) is 14.9 Å². The zero-order chi connectivity index (χ0) is 29.0. The van der Waals surface area contributed by atoms with Crippen LogP contribution < -0.4 is 5.32 Å². The number of hydrogen-bond acceptors (Lipinski definition) is 4. The van der Waals surface area contributed by atoms with Gasteiger partial charge in [0.15, 0.2) is 0 Å². The van der Waals surface area contributed by atoms with Gasteiger partial charge < -0.3 is 5.32 Å². The van der Waals surface area contributed by atoms with E-state index in [1.165, 1.54) is 36.5 Å². The summed E-state index contributed by atoms with van der Waals surface area (Å²) in [7, 11) is 0. The molecule has 1 unspecified atom stereocenters. The molecule has 0 bridgehead atoms. The van der Waals surface area contributed by atoms with Crippen LogP contribution in [0.5, 0.6) is 0 Å². The van der Waals surface area contributed by atoms with Crippen molar-refractivity contribution < 1.29 is 0 Å². The van der Waals surface area contributed by atoms with Crippen molar-refractivity contribution in [3.05, 3.63) is 162 Å². The van der Waals surface area contributed by atoms with E-state index in [9.17, 15) is 0 Å². The molecule has 1 aliphatic rings. The lowest BCUT2D eigenvalue weighted by Crippen LogP contribution is -2.25. The molecule has 0 spiro atoms. The molecule has 0 fully saturated rings. The Hall–Kier alpha value is -5.52. The van der Waals surface area contributed by atoms with E-state index in [1.807, 2.05) is 29.7 Å². The zero-order valence-corrected chi connectivity index (χ0v) is 24.5. The second-order valence-corrected chi connectivity index (χ2v) is 12.1. The molecule has 8 aromatic rings. The van der Waals surface area contributed by atoms with E-state index in [0.29, 0.717) is 0 Å². The van der Waals surface area contributed by atoms with E-state index in [-0.39, 0.29) is 6.17 Å². The van der Waals surface area contributed by atoms with E-state index < -0.39 is 0 Å². The first-order valence-electron chi connectivity index (χ1n) is 14.8. The number of benzene rings is 5. The summed E-state index contributed by atoms with van der Waals surface area (Å²) in [6.07, 6.45) is 3.79. The standard InChI is InChI=1S/C39H26N4S/c1-3-11-25(12-4-1)32-24-33(26-13-5-2-6-14-26)42-39(41-32)27-21-22-40-36(23-27)43-34-17-9-7-15-28(34)30-19-20-31-29-16-8-10-18-35(29)44-38(31)37(30)43/h1-24,39,41H. The molecule has 4 nitrogen and oxygen atoms in total. The number of allylic oxidation sites excluding steroid dienone is 1. The topological polar surface area (TPSA) is 42.2 Å². The third-order valence-electron chi connectivity index (χ3n) is 8.49. The minimum absolute atomic E-state index is 0.274. The number of hydrogen-bond donors (Lipinski definition) is 1. The fourth-order valence-electron chi connectivity index (χ4n) is 6.44. The van der Waals surface area contributed by atoms with Crippen molar-refractivity contribution in [1.29, 1.82) is 0 Å². The molecule has 5 heteroatoms. The Morgan fingerprint density at radius 2 is 1.34 bits per heavy atom. The normalized spacial score (nSPS) is 15.0. The number of aliphatic imine (C=N–C) groups is 1. The van der Waals surface area contributed by atoms with E-state index in [2.05, 4.69) is 137 Å². The summed E-state index contributed by atoms with van der Waals surface area (Å²) in [5.41, 5.74) is 7.62. The number of thiophene rings is 1. The van der Waals surface area contributed by atoms with Crippen molar-refractivity contribution >= 4 is 64.7 Å². The average Bonchev–Trinajstić information content (AvgIpc) is 3.65. The molecule has 0 saturated carbocycles. The molecule has 0 aliphatic carbocycles. The second kappa shape index (κ2) is 10.0. The van der Waals surface area contributed by atoms with Gasteiger partial charge >= 0.3 is 0 Å². The fourth-order valence-corrected chi connectivity index (χ4v) is 7.68. The maximum Gasteiger partial charge on any atom is 0.145 e. The number of rotatable bonds is 4. The van der Waals surface area contributed by atoms with Gasteiger partial charge in [0.25, 0.3) is 0 Å². The number of para-hydroxylation sites is 1. The van der Waals surface area contributed by atoms with E-state index in [0.717, 1.165) is 39.4 Å². The van der Waals surface area contributed by atoms with Gasteiger partial charge in [-0.25, -0.2) is 4.98 Å². The van der Waals surface area contributed by atoms with Crippen LogP contribution in [0.4, 0.5) is 0 Å². The molecule has 5 aromatic carbocycles. The van der Waals surface area contributed by atoms with Gasteiger partial charge in [-0.05, 0) is 41.5 Å². The van der Waals surface area contributed by atoms with Gasteiger partial charge in [-0.15, -0.1) is 11.3 Å². The Balaban J connectivity index is 1.25. The first-order chi connectivity index (χ1) is 21.8. The lowest BCUT2D eigenvalue weighted by molar-refractivity contribution is 0.662. The Labute approximate surface area is 258 Å². The van der Waals surface area contributed by atoms with Crippen LogP contribution in [0.2, 0.25) is 0 Å². The minimum atomic E-state index is -0.274. The van der Waals surface area contributed by atoms with Crippen LogP contribution in [-0.4, -0.2) is 15.3 Å². The molecule has 4 heterocycles. The number of nitrogens with one attached hydrogen (secondary N) is 1. The van der Waals surface area contributed by atoms with Crippen molar-refractivity contribution in [3.63, 3.8) is 0 Å². The van der Waals surface area contributed by atoms with Crippen molar-refractivity contribution in [2.45, 2.75) is 6.17 Å². The summed E-state index contributed by atoms with van der Waals surface area (Å²) in [4.78, 5) is 10.2. The van der Waals surface area contributed by atoms with Crippen LogP contribution in [0.3, 0.4) is 0 Å². The SMILES string of the molecule is C1=C(c2ccccc2)NC(c2ccnc(-n3c4ccccc4c4ccc5c6ccccc6sc5c43)c2)N=C1c1ccccc1. The molecule has 44 heavy (non-hydrogen) atoms. The molecule has 1 atom stereocenters. The quantitative estimate of drug-likeness (QED) is 0.224. The van der Waals surface area contributed by atoms with Crippen LogP contribution in [0.1, 0.15) is 22.9 Å². The fraction of sp³-hybridized carbons (Fsp3) is 0.0256. The summed E-state index contributed by atoms with van der Waals surface area (Å²) in [6, 6.07) is 47.0. The third kappa shape index (κ3) is 3.98. The van der Waals surface area contributed by atoms with Crippen molar-refractivity contribution in [3.8, 4) is 5.82 Å². The van der Waals surface area contributed by atoms with Crippen LogP contribution in [-0.2, 0) is 0 Å². The van der Waals surface area contributed by atoms with Crippen LogP contribution >= 0.6 is 11.3 Å². The van der Waals surface area contributed by atoms with E-state index in [1.54, 1.807) is 0 Å². The van der Waals surface area contributed by atoms with Gasteiger partial charge in [0, 0.05) is 43.7 Å². The number of aromatic nitrogens is 2. The minimum Gasteiger partial charge on any atom is -0.360 e. The third-order valence-corrected chi connectivity index (χ3v) is 9.68. The average molecular weight is 583 g/mol. The maximum absolute atomic E-state index is 5.22. The lowest BCUT2D eigenvalue weighted by atomic mass is 10.0. The predicted octanol–water partition coefficient (Wildman–Crippen LogP) is 9.68. The van der Waals surface area contributed by atoms with Gasteiger partial charge in [-0.3, -0.25) is 9.56 Å². The van der Waals surface area contributed by atoms with E-state index >= 15 is 0 Å². The summed E-state index contributed by atoms with van der Waals surface area (Å²) < 4.78 is 4.91. The molecular formula is C39H26N4S. The highest BCUT2D eigenvalue weighted by atomic mass is 32.1. The molecule has 3 aromatic heterocycles. The highest BCUT2D eigenvalue weighted by molar-refractivity contribution is 7.26. The van der Waals surface area contributed by atoms with Crippen LogP contribution in [0.15, 0.2) is 151 Å². The maximum atomic E-state index is 5.22. The molecular weight excluding hydrogens is 557 g/mol. The highest BCUT2D eigenvalue weighted by Crippen LogP contribution is 2.42. The largest absolute Gasteiger partial charge is 0.360 e. The Kier molecular flexibility index (Phi) is 5.71. The predicted molar refractivity (Wildman–Crippen MR) is 185 cm³/mol. The Morgan fingerprint density at radius 1 is 0.636 bits per heavy atom. The lowest BCUT2D eigenvalue weighted by Gasteiger charge is -2.25. The van der Waals surface area contributed by atoms with Gasteiger partial charge in [0.2, 0.25) is 0 Å². The molecule has 0 amide bonds. The molecule has 1 N–H and O–H groups in total. The first-order valence-corrected chi connectivity index (χ1v) is 15.6. The zero-order valence-electron chi connectivity index (χ0n) is 23.7. The summed E-state index contributed by atoms with van der Waals surface area (Å²) in [5.74, 6) is 0.882. The van der Waals surface area contributed by atoms with Gasteiger partial charge in [-0.2, -0.15) is 0 Å².